The lowest BCUT2D eigenvalue weighted by Gasteiger charge is -2.36. The summed E-state index contributed by atoms with van der Waals surface area (Å²) in [6.07, 6.45) is 3.19. The Morgan fingerprint density at radius 3 is 2.67 bits per heavy atom. The Bertz CT molecular complexity index is 444. The zero-order valence-electron chi connectivity index (χ0n) is 13.2. The molecule has 2 rings (SSSR count). The van der Waals surface area contributed by atoms with E-state index in [1.54, 1.807) is 6.07 Å². The fourth-order valence-electron chi connectivity index (χ4n) is 3.08. The highest BCUT2D eigenvalue weighted by Crippen LogP contribution is 2.18. The maximum atomic E-state index is 13.3. The van der Waals surface area contributed by atoms with E-state index in [4.69, 9.17) is 5.11 Å². The summed E-state index contributed by atoms with van der Waals surface area (Å²) in [6, 6.07) is 6.04. The van der Waals surface area contributed by atoms with Crippen LogP contribution >= 0.6 is 0 Å². The summed E-state index contributed by atoms with van der Waals surface area (Å²) in [5, 5.41) is 8.90. The van der Waals surface area contributed by atoms with Crippen molar-refractivity contribution in [3.63, 3.8) is 0 Å². The molecule has 0 radical (unpaired) electrons. The Hall–Kier alpha value is -0.970. The lowest BCUT2D eigenvalue weighted by molar-refractivity contribution is 0.117. The molecule has 1 aromatic carbocycles. The van der Waals surface area contributed by atoms with Crippen LogP contribution in [0.4, 0.5) is 4.39 Å². The minimum Gasteiger partial charge on any atom is -0.396 e. The molecule has 0 unspecified atom stereocenters. The molecule has 0 amide bonds. The molecule has 1 aliphatic heterocycles. The molecule has 1 saturated heterocycles. The number of aliphatic hydroxyl groups is 1. The first-order valence-corrected chi connectivity index (χ1v) is 7.88. The van der Waals surface area contributed by atoms with Crippen molar-refractivity contribution in [2.24, 2.45) is 0 Å². The minimum absolute atomic E-state index is 0.122. The molecule has 3 nitrogen and oxygen atoms in total. The predicted octanol–water partition coefficient (Wildman–Crippen LogP) is 2.41. The number of hydrogen-bond acceptors (Lipinski definition) is 3. The Morgan fingerprint density at radius 1 is 1.33 bits per heavy atom. The minimum atomic E-state index is -0.122. The van der Waals surface area contributed by atoms with Crippen molar-refractivity contribution in [2.45, 2.75) is 38.8 Å². The van der Waals surface area contributed by atoms with Gasteiger partial charge >= 0.3 is 0 Å². The Balaban J connectivity index is 1.79. The van der Waals surface area contributed by atoms with E-state index >= 15 is 0 Å². The third kappa shape index (κ3) is 4.77. The molecular weight excluding hydrogens is 267 g/mol. The van der Waals surface area contributed by atoms with E-state index in [1.165, 1.54) is 18.4 Å². The molecule has 1 aliphatic rings. The van der Waals surface area contributed by atoms with Crippen molar-refractivity contribution >= 4 is 0 Å². The van der Waals surface area contributed by atoms with E-state index in [1.807, 2.05) is 19.1 Å². The molecule has 4 heteroatoms. The summed E-state index contributed by atoms with van der Waals surface area (Å²) in [4.78, 5) is 4.82. The quantitative estimate of drug-likeness (QED) is 0.873. The Labute approximate surface area is 127 Å². The van der Waals surface area contributed by atoms with E-state index in [-0.39, 0.29) is 12.4 Å². The second kappa shape index (κ2) is 7.87. The molecule has 1 aromatic rings. The van der Waals surface area contributed by atoms with Crippen molar-refractivity contribution in [3.05, 3.63) is 35.1 Å². The fraction of sp³-hybridized carbons (Fsp3) is 0.647. The number of aliphatic hydroxyl groups excluding tert-OH is 1. The van der Waals surface area contributed by atoms with Crippen molar-refractivity contribution < 1.29 is 9.50 Å². The van der Waals surface area contributed by atoms with Crippen LogP contribution in [0.25, 0.3) is 0 Å². The van der Waals surface area contributed by atoms with E-state index in [0.29, 0.717) is 6.04 Å². The van der Waals surface area contributed by atoms with Crippen LogP contribution < -0.4 is 0 Å². The largest absolute Gasteiger partial charge is 0.396 e. The van der Waals surface area contributed by atoms with Crippen molar-refractivity contribution in [3.8, 4) is 0 Å². The average Bonchev–Trinajstić information content (AvgIpc) is 2.49. The molecule has 0 aliphatic carbocycles. The van der Waals surface area contributed by atoms with Crippen molar-refractivity contribution in [1.82, 2.24) is 9.80 Å². The van der Waals surface area contributed by atoms with Gasteiger partial charge < -0.3 is 10.0 Å². The number of piperidine rings is 1. The van der Waals surface area contributed by atoms with Crippen LogP contribution in [-0.4, -0.2) is 54.2 Å². The topological polar surface area (TPSA) is 26.7 Å². The molecule has 0 saturated carbocycles. The predicted molar refractivity (Wildman–Crippen MR) is 83.8 cm³/mol. The number of rotatable bonds is 6. The summed E-state index contributed by atoms with van der Waals surface area (Å²) in [5.74, 6) is -0.122. The Morgan fingerprint density at radius 2 is 2.05 bits per heavy atom. The first-order chi connectivity index (χ1) is 10.1. The molecule has 1 fully saturated rings. The molecule has 21 heavy (non-hydrogen) atoms. The van der Waals surface area contributed by atoms with Gasteiger partial charge in [0, 0.05) is 25.7 Å². The van der Waals surface area contributed by atoms with Gasteiger partial charge in [-0.15, -0.1) is 0 Å². The average molecular weight is 294 g/mol. The van der Waals surface area contributed by atoms with Gasteiger partial charge in [0.2, 0.25) is 0 Å². The normalized spacial score (nSPS) is 17.6. The number of likely N-dealkylation sites (tertiary alicyclic amines) is 1. The number of benzene rings is 1. The van der Waals surface area contributed by atoms with Crippen LogP contribution in [0.5, 0.6) is 0 Å². The monoisotopic (exact) mass is 294 g/mol. The van der Waals surface area contributed by atoms with E-state index in [9.17, 15) is 4.39 Å². The van der Waals surface area contributed by atoms with Crippen molar-refractivity contribution in [2.75, 3.05) is 33.3 Å². The van der Waals surface area contributed by atoms with Gasteiger partial charge in [-0.25, -0.2) is 4.39 Å². The van der Waals surface area contributed by atoms with Crippen molar-refractivity contribution in [1.29, 1.82) is 0 Å². The zero-order chi connectivity index (χ0) is 15.2. The lowest BCUT2D eigenvalue weighted by atomic mass is 10.0. The van der Waals surface area contributed by atoms with E-state index in [0.717, 1.165) is 38.2 Å². The third-order valence-electron chi connectivity index (χ3n) is 4.48. The molecule has 118 valence electrons. The molecular formula is C17H27FN2O. The summed E-state index contributed by atoms with van der Waals surface area (Å²) >= 11 is 0. The van der Waals surface area contributed by atoms with Gasteiger partial charge in [0.25, 0.3) is 0 Å². The summed E-state index contributed by atoms with van der Waals surface area (Å²) in [5.41, 5.74) is 1.92. The number of halogens is 1. The van der Waals surface area contributed by atoms with E-state index in [2.05, 4.69) is 16.8 Å². The highest BCUT2D eigenvalue weighted by molar-refractivity contribution is 5.23. The van der Waals surface area contributed by atoms with Crippen LogP contribution in [-0.2, 0) is 6.54 Å². The smallest absolute Gasteiger partial charge is 0.126 e. The summed E-state index contributed by atoms with van der Waals surface area (Å²) in [7, 11) is 2.15. The highest BCUT2D eigenvalue weighted by Gasteiger charge is 2.22. The SMILES string of the molecule is Cc1cc(CN2CCC(N(C)CCCO)CC2)ccc1F. The number of nitrogens with zero attached hydrogens (tertiary/aromatic N) is 2. The Kier molecular flexibility index (Phi) is 6.15. The standard InChI is InChI=1S/C17H27FN2O/c1-14-12-15(4-5-17(14)18)13-20-9-6-16(7-10-20)19(2)8-3-11-21/h4-5,12,16,21H,3,6-11,13H2,1-2H3. The summed E-state index contributed by atoms with van der Waals surface area (Å²) in [6.45, 7) is 6.15. The van der Waals surface area contributed by atoms with Gasteiger partial charge in [0.15, 0.2) is 0 Å². The van der Waals surface area contributed by atoms with Gasteiger partial charge in [0.1, 0.15) is 5.82 Å². The molecule has 1 N–H and O–H groups in total. The molecule has 0 aromatic heterocycles. The van der Waals surface area contributed by atoms with Crippen LogP contribution in [0.2, 0.25) is 0 Å². The van der Waals surface area contributed by atoms with Gasteiger partial charge in [-0.2, -0.15) is 0 Å². The second-order valence-electron chi connectivity index (χ2n) is 6.15. The van der Waals surface area contributed by atoms with Gasteiger partial charge in [-0.1, -0.05) is 12.1 Å². The number of aryl methyl sites for hydroxylation is 1. The van der Waals surface area contributed by atoms with Crippen LogP contribution in [0.15, 0.2) is 18.2 Å². The van der Waals surface area contributed by atoms with Crippen LogP contribution in [0.3, 0.4) is 0 Å². The summed E-state index contributed by atoms with van der Waals surface area (Å²) < 4.78 is 13.3. The zero-order valence-corrected chi connectivity index (χ0v) is 13.2. The van der Waals surface area contributed by atoms with Gasteiger partial charge in [0.05, 0.1) is 0 Å². The van der Waals surface area contributed by atoms with Gasteiger partial charge in [-0.3, -0.25) is 4.90 Å². The van der Waals surface area contributed by atoms with E-state index < -0.39 is 0 Å². The molecule has 0 spiro atoms. The van der Waals surface area contributed by atoms with Crippen LogP contribution in [0.1, 0.15) is 30.4 Å². The first kappa shape index (κ1) is 16.4. The third-order valence-corrected chi connectivity index (χ3v) is 4.48. The maximum Gasteiger partial charge on any atom is 0.126 e. The lowest BCUT2D eigenvalue weighted by Crippen LogP contribution is -2.43. The molecule has 0 bridgehead atoms. The van der Waals surface area contributed by atoms with Gasteiger partial charge in [-0.05, 0) is 63.5 Å². The fourth-order valence-corrected chi connectivity index (χ4v) is 3.08. The maximum absolute atomic E-state index is 13.3. The number of hydrogen-bond donors (Lipinski definition) is 1. The first-order valence-electron chi connectivity index (χ1n) is 7.88. The molecule has 0 atom stereocenters. The highest BCUT2D eigenvalue weighted by atomic mass is 19.1. The second-order valence-corrected chi connectivity index (χ2v) is 6.15. The van der Waals surface area contributed by atoms with Crippen LogP contribution in [0, 0.1) is 12.7 Å². The molecule has 1 heterocycles.